The third kappa shape index (κ3) is 11.8. The summed E-state index contributed by atoms with van der Waals surface area (Å²) >= 11 is 12.6. The van der Waals surface area contributed by atoms with Gasteiger partial charge in [-0.1, -0.05) is 0 Å². The van der Waals surface area contributed by atoms with Crippen LogP contribution in [0.25, 0.3) is 0 Å². The van der Waals surface area contributed by atoms with E-state index in [-0.39, 0.29) is 29.8 Å². The molecule has 0 saturated carbocycles. The fourth-order valence-corrected chi connectivity index (χ4v) is 5.40. The second-order valence-corrected chi connectivity index (χ2v) is 10.8. The highest BCUT2D eigenvalue weighted by Crippen LogP contribution is 2.34. The highest BCUT2D eigenvalue weighted by atomic mass is 79.9. The molecule has 2 rings (SSSR count). The number of amides is 2. The smallest absolute Gasteiger partial charge is 0.326 e. The molecule has 2 amide bonds. The number of hydrogen-bond acceptors (Lipinski definition) is 6. The van der Waals surface area contributed by atoms with E-state index < -0.39 is 35.8 Å². The van der Waals surface area contributed by atoms with E-state index in [1.807, 2.05) is 0 Å². The summed E-state index contributed by atoms with van der Waals surface area (Å²) in [5.41, 5.74) is 1.35. The molecule has 15 heteroatoms. The van der Waals surface area contributed by atoms with E-state index in [0.717, 1.165) is 0 Å². The molecule has 0 fully saturated rings. The molecule has 8 N–H and O–H groups in total. The van der Waals surface area contributed by atoms with Crippen molar-refractivity contribution < 1.29 is 45.1 Å². The van der Waals surface area contributed by atoms with Crippen molar-refractivity contribution in [3.8, 4) is 11.5 Å². The Balaban J connectivity index is 0.000000682. The maximum atomic E-state index is 11.0. The van der Waals surface area contributed by atoms with Gasteiger partial charge in [0.25, 0.3) is 0 Å². The molecule has 2 aromatic rings. The SMILES string of the molecule is CC(=O)N[C@@H](Cc1cc(Br)c(O)c(Br)c1)C(=O)O.CC(=O)N[C@@H](Cc1cc(Br)c(O)c(Br)c1)C(=O)O.O. The largest absolute Gasteiger partial charge is 0.506 e. The fraction of sp³-hybridized carbons (Fsp3) is 0.273. The lowest BCUT2D eigenvalue weighted by Gasteiger charge is -2.14. The zero-order valence-electron chi connectivity index (χ0n) is 19.3. The molecule has 2 atom stereocenters. The predicted octanol–water partition coefficient (Wildman–Crippen LogP) is 3.27. The van der Waals surface area contributed by atoms with Crippen molar-refractivity contribution in [2.24, 2.45) is 0 Å². The Bertz CT molecular complexity index is 1030. The second kappa shape index (κ2) is 15.9. The van der Waals surface area contributed by atoms with Gasteiger partial charge in [-0.15, -0.1) is 0 Å². The van der Waals surface area contributed by atoms with Gasteiger partial charge < -0.3 is 36.5 Å². The predicted molar refractivity (Wildman–Crippen MR) is 149 cm³/mol. The summed E-state index contributed by atoms with van der Waals surface area (Å²) in [6.45, 7) is 2.52. The van der Waals surface area contributed by atoms with Gasteiger partial charge in [0.2, 0.25) is 11.8 Å². The topological polar surface area (TPSA) is 205 Å². The number of carboxylic acids is 2. The number of carbonyl (C=O) groups is 4. The summed E-state index contributed by atoms with van der Waals surface area (Å²) in [6.07, 6.45) is 0.263. The minimum atomic E-state index is -1.11. The Hall–Kier alpha value is -2.20. The average molecular weight is 780 g/mol. The zero-order chi connectivity index (χ0) is 27.7. The number of carboxylic acid groups (broad SMARTS) is 2. The minimum absolute atomic E-state index is 0. The number of phenols is 2. The summed E-state index contributed by atoms with van der Waals surface area (Å²) in [6, 6.07) is 4.45. The minimum Gasteiger partial charge on any atom is -0.506 e. The molecule has 0 aliphatic rings. The van der Waals surface area contributed by atoms with E-state index in [2.05, 4.69) is 74.4 Å². The van der Waals surface area contributed by atoms with Crippen LogP contribution in [0.2, 0.25) is 0 Å². The molecule has 0 spiro atoms. The van der Waals surface area contributed by atoms with Gasteiger partial charge >= 0.3 is 11.9 Å². The van der Waals surface area contributed by atoms with Crippen molar-refractivity contribution in [1.82, 2.24) is 10.6 Å². The quantitative estimate of drug-likeness (QED) is 0.234. The molecule has 0 bridgehead atoms. The molecule has 204 valence electrons. The molecular formula is C22H24Br4N2O9. The number of aliphatic carboxylic acids is 2. The van der Waals surface area contributed by atoms with Crippen molar-refractivity contribution in [2.45, 2.75) is 38.8 Å². The lowest BCUT2D eigenvalue weighted by molar-refractivity contribution is -0.141. The van der Waals surface area contributed by atoms with E-state index in [1.165, 1.54) is 13.8 Å². The van der Waals surface area contributed by atoms with Crippen LogP contribution in [-0.2, 0) is 32.0 Å². The van der Waals surface area contributed by atoms with Crippen molar-refractivity contribution >= 4 is 87.5 Å². The molecule has 37 heavy (non-hydrogen) atoms. The van der Waals surface area contributed by atoms with Crippen LogP contribution in [0.1, 0.15) is 25.0 Å². The molecule has 11 nitrogen and oxygen atoms in total. The number of carbonyl (C=O) groups excluding carboxylic acids is 2. The number of phenolic OH excluding ortho intramolecular Hbond substituents is 2. The van der Waals surface area contributed by atoms with Crippen LogP contribution in [0.5, 0.6) is 11.5 Å². The molecule has 0 heterocycles. The van der Waals surface area contributed by atoms with Crippen LogP contribution < -0.4 is 10.6 Å². The summed E-state index contributed by atoms with van der Waals surface area (Å²) in [5, 5.41) is 41.8. The maximum Gasteiger partial charge on any atom is 0.326 e. The third-order valence-electron chi connectivity index (χ3n) is 4.38. The Labute approximate surface area is 245 Å². The number of halogens is 4. The lowest BCUT2D eigenvalue weighted by atomic mass is 10.1. The van der Waals surface area contributed by atoms with Crippen LogP contribution in [0, 0.1) is 0 Å². The number of benzene rings is 2. The van der Waals surface area contributed by atoms with E-state index in [4.69, 9.17) is 10.2 Å². The Morgan fingerprint density at radius 1 is 0.676 bits per heavy atom. The van der Waals surface area contributed by atoms with Crippen LogP contribution in [0.15, 0.2) is 42.2 Å². The normalized spacial score (nSPS) is 11.6. The van der Waals surface area contributed by atoms with Gasteiger partial charge in [-0.2, -0.15) is 0 Å². The average Bonchev–Trinajstić information content (AvgIpc) is 2.74. The number of hydrogen-bond donors (Lipinski definition) is 6. The summed E-state index contributed by atoms with van der Waals surface area (Å²) in [5.74, 6) is -2.93. The molecule has 0 aromatic heterocycles. The molecule has 0 aliphatic heterocycles. The van der Waals surface area contributed by atoms with Crippen molar-refractivity contribution in [3.63, 3.8) is 0 Å². The van der Waals surface area contributed by atoms with Crippen LogP contribution >= 0.6 is 63.7 Å². The first-order chi connectivity index (χ1) is 16.6. The summed E-state index contributed by atoms with van der Waals surface area (Å²) in [4.78, 5) is 43.8. The van der Waals surface area contributed by atoms with E-state index in [0.29, 0.717) is 29.0 Å². The van der Waals surface area contributed by atoms with E-state index >= 15 is 0 Å². The van der Waals surface area contributed by atoms with Gasteiger partial charge in [0.05, 0.1) is 17.9 Å². The Morgan fingerprint density at radius 2 is 0.919 bits per heavy atom. The van der Waals surface area contributed by atoms with Gasteiger partial charge in [0.1, 0.15) is 23.6 Å². The Morgan fingerprint density at radius 3 is 1.11 bits per heavy atom. The van der Waals surface area contributed by atoms with Crippen LogP contribution in [0.4, 0.5) is 0 Å². The molecule has 0 unspecified atom stereocenters. The lowest BCUT2D eigenvalue weighted by Crippen LogP contribution is -2.41. The molecule has 2 aromatic carbocycles. The summed E-state index contributed by atoms with van der Waals surface area (Å²) in [7, 11) is 0. The highest BCUT2D eigenvalue weighted by Gasteiger charge is 2.21. The van der Waals surface area contributed by atoms with Gasteiger partial charge in [0, 0.05) is 26.7 Å². The fourth-order valence-electron chi connectivity index (χ4n) is 2.83. The van der Waals surface area contributed by atoms with Crippen molar-refractivity contribution in [1.29, 1.82) is 0 Å². The van der Waals surface area contributed by atoms with Gasteiger partial charge in [0.15, 0.2) is 0 Å². The molecule has 0 radical (unpaired) electrons. The molecule has 0 aliphatic carbocycles. The Kier molecular flexibility index (Phi) is 15.0. The molecular weight excluding hydrogens is 756 g/mol. The number of rotatable bonds is 8. The summed E-state index contributed by atoms with van der Waals surface area (Å²) < 4.78 is 1.83. The first kappa shape index (κ1) is 34.8. The van der Waals surface area contributed by atoms with Gasteiger partial charge in [-0.3, -0.25) is 9.59 Å². The monoisotopic (exact) mass is 776 g/mol. The first-order valence-electron chi connectivity index (χ1n) is 9.95. The van der Waals surface area contributed by atoms with E-state index in [9.17, 15) is 29.4 Å². The number of nitrogens with one attached hydrogen (secondary N) is 2. The number of aromatic hydroxyl groups is 2. The van der Waals surface area contributed by atoms with Gasteiger partial charge in [-0.25, -0.2) is 9.59 Å². The second-order valence-electron chi connectivity index (χ2n) is 7.41. The van der Waals surface area contributed by atoms with E-state index in [1.54, 1.807) is 24.3 Å². The highest BCUT2D eigenvalue weighted by molar-refractivity contribution is 9.11. The van der Waals surface area contributed by atoms with Gasteiger partial charge in [-0.05, 0) is 99.1 Å². The van der Waals surface area contributed by atoms with Crippen LogP contribution in [0.3, 0.4) is 0 Å². The zero-order valence-corrected chi connectivity index (χ0v) is 25.7. The van der Waals surface area contributed by atoms with Crippen LogP contribution in [-0.4, -0.2) is 61.7 Å². The third-order valence-corrected chi connectivity index (χ3v) is 6.80. The van der Waals surface area contributed by atoms with Crippen molar-refractivity contribution in [2.75, 3.05) is 0 Å². The van der Waals surface area contributed by atoms with Crippen molar-refractivity contribution in [3.05, 3.63) is 53.3 Å². The first-order valence-corrected chi connectivity index (χ1v) is 13.1. The standard InChI is InChI=1S/2C11H11Br2NO4.H2O/c2*1-5(15)14-9(11(17)18)4-6-2-7(12)10(16)8(13)3-6;/h2*2-3,9,16H,4H2,1H3,(H,14,15)(H,17,18);1H2/t2*9-;/m00./s1. The maximum absolute atomic E-state index is 11.0. The molecule has 0 saturated heterocycles.